The van der Waals surface area contributed by atoms with Gasteiger partial charge in [-0.05, 0) is 24.6 Å². The molecule has 0 saturated heterocycles. The van der Waals surface area contributed by atoms with Gasteiger partial charge in [0.15, 0.2) is 0 Å². The first-order valence-electron chi connectivity index (χ1n) is 7.64. The van der Waals surface area contributed by atoms with Gasteiger partial charge in [0, 0.05) is 35.6 Å². The number of methoxy groups -OCH3 is 1. The van der Waals surface area contributed by atoms with Gasteiger partial charge in [0.05, 0.1) is 7.11 Å². The third-order valence-electron chi connectivity index (χ3n) is 3.71. The molecule has 6 nitrogen and oxygen atoms in total. The quantitative estimate of drug-likeness (QED) is 0.690. The maximum Gasteiger partial charge on any atom is 0.325 e. The molecule has 1 aromatic heterocycles. The van der Waals surface area contributed by atoms with Gasteiger partial charge in [-0.3, -0.25) is 14.4 Å². The summed E-state index contributed by atoms with van der Waals surface area (Å²) in [5.41, 5.74) is 1.67. The summed E-state index contributed by atoms with van der Waals surface area (Å²) in [4.78, 5) is 37.2. The van der Waals surface area contributed by atoms with Crippen LogP contribution < -0.4 is 4.87 Å². The van der Waals surface area contributed by atoms with E-state index in [-0.39, 0.29) is 36.8 Å². The molecule has 1 amide bonds. The SMILES string of the molecule is COC(=O)CN(Cc1ccc(Cl)cc1)C(=O)CCn1c(C)csc1=O. The van der Waals surface area contributed by atoms with E-state index in [2.05, 4.69) is 4.74 Å². The van der Waals surface area contributed by atoms with Crippen molar-refractivity contribution in [1.29, 1.82) is 0 Å². The van der Waals surface area contributed by atoms with Gasteiger partial charge in [0.1, 0.15) is 6.54 Å². The van der Waals surface area contributed by atoms with E-state index in [0.29, 0.717) is 5.02 Å². The minimum absolute atomic E-state index is 0.0949. The van der Waals surface area contributed by atoms with E-state index >= 15 is 0 Å². The lowest BCUT2D eigenvalue weighted by atomic mass is 10.2. The Hall–Kier alpha value is -2.12. The minimum atomic E-state index is -0.494. The van der Waals surface area contributed by atoms with Gasteiger partial charge >= 0.3 is 10.8 Å². The number of esters is 1. The van der Waals surface area contributed by atoms with Gasteiger partial charge < -0.3 is 14.2 Å². The molecule has 0 saturated carbocycles. The molecule has 0 N–H and O–H groups in total. The standard InChI is InChI=1S/C17H19ClN2O4S/c1-12-11-25-17(23)20(12)8-7-15(21)19(10-16(22)24-2)9-13-3-5-14(18)6-4-13/h3-6,11H,7-10H2,1-2H3. The number of hydrogen-bond donors (Lipinski definition) is 0. The molecule has 0 bridgehead atoms. The second kappa shape index (κ2) is 8.82. The van der Waals surface area contributed by atoms with Crippen LogP contribution in [0.15, 0.2) is 34.4 Å². The van der Waals surface area contributed by atoms with Crippen molar-refractivity contribution in [2.45, 2.75) is 26.4 Å². The van der Waals surface area contributed by atoms with Crippen molar-refractivity contribution in [3.63, 3.8) is 0 Å². The maximum atomic E-state index is 12.6. The number of carbonyl (C=O) groups excluding carboxylic acids is 2. The number of amides is 1. The van der Waals surface area contributed by atoms with E-state index < -0.39 is 5.97 Å². The number of hydrogen-bond acceptors (Lipinski definition) is 5. The fourth-order valence-electron chi connectivity index (χ4n) is 2.30. The number of benzene rings is 1. The van der Waals surface area contributed by atoms with Crippen LogP contribution in [-0.4, -0.2) is 35.0 Å². The van der Waals surface area contributed by atoms with Crippen molar-refractivity contribution in [1.82, 2.24) is 9.47 Å². The minimum Gasteiger partial charge on any atom is -0.468 e. The number of nitrogens with zero attached hydrogens (tertiary/aromatic N) is 2. The topological polar surface area (TPSA) is 68.6 Å². The van der Waals surface area contributed by atoms with E-state index in [1.54, 1.807) is 34.2 Å². The summed E-state index contributed by atoms with van der Waals surface area (Å²) >= 11 is 6.97. The zero-order chi connectivity index (χ0) is 18.4. The van der Waals surface area contributed by atoms with Crippen LogP contribution in [0.1, 0.15) is 17.7 Å². The lowest BCUT2D eigenvalue weighted by Gasteiger charge is -2.22. The third kappa shape index (κ3) is 5.44. The highest BCUT2D eigenvalue weighted by Gasteiger charge is 2.18. The van der Waals surface area contributed by atoms with Gasteiger partial charge in [-0.2, -0.15) is 0 Å². The van der Waals surface area contributed by atoms with E-state index in [1.165, 1.54) is 12.0 Å². The monoisotopic (exact) mass is 382 g/mol. The molecule has 1 heterocycles. The molecule has 0 radical (unpaired) electrons. The fraction of sp³-hybridized carbons (Fsp3) is 0.353. The normalized spacial score (nSPS) is 10.5. The summed E-state index contributed by atoms with van der Waals surface area (Å²) in [5.74, 6) is -0.718. The first-order valence-corrected chi connectivity index (χ1v) is 8.90. The Morgan fingerprint density at radius 2 is 1.96 bits per heavy atom. The Kier molecular flexibility index (Phi) is 6.78. The summed E-state index contributed by atoms with van der Waals surface area (Å²) in [5, 5.41) is 2.36. The first kappa shape index (κ1) is 19.2. The molecular weight excluding hydrogens is 364 g/mol. The molecular formula is C17H19ClN2O4S. The summed E-state index contributed by atoms with van der Waals surface area (Å²) in [6.45, 7) is 2.23. The number of thiazole rings is 1. The lowest BCUT2D eigenvalue weighted by molar-refractivity contribution is -0.147. The highest BCUT2D eigenvalue weighted by atomic mass is 35.5. The second-order valence-corrected chi connectivity index (χ2v) is 6.75. The third-order valence-corrected chi connectivity index (χ3v) is 4.85. The molecule has 2 aromatic rings. The Labute approximate surface area is 154 Å². The Bertz CT molecular complexity index is 798. The van der Waals surface area contributed by atoms with Crippen LogP contribution in [0.5, 0.6) is 0 Å². The summed E-state index contributed by atoms with van der Waals surface area (Å²) in [7, 11) is 1.28. The van der Waals surface area contributed by atoms with Crippen LogP contribution in [0.25, 0.3) is 0 Å². The zero-order valence-corrected chi connectivity index (χ0v) is 15.6. The number of aryl methyl sites for hydroxylation is 1. The van der Waals surface area contributed by atoms with Crippen LogP contribution in [0.3, 0.4) is 0 Å². The van der Waals surface area contributed by atoms with Crippen molar-refractivity contribution in [3.8, 4) is 0 Å². The van der Waals surface area contributed by atoms with Gasteiger partial charge in [-0.15, -0.1) is 0 Å². The molecule has 0 aliphatic rings. The number of carbonyl (C=O) groups is 2. The van der Waals surface area contributed by atoms with Crippen molar-refractivity contribution in [2.75, 3.05) is 13.7 Å². The highest BCUT2D eigenvalue weighted by Crippen LogP contribution is 2.13. The van der Waals surface area contributed by atoms with Gasteiger partial charge in [-0.25, -0.2) is 0 Å². The Morgan fingerprint density at radius 3 is 2.52 bits per heavy atom. The largest absolute Gasteiger partial charge is 0.468 e. The molecule has 25 heavy (non-hydrogen) atoms. The Morgan fingerprint density at radius 1 is 1.28 bits per heavy atom. The lowest BCUT2D eigenvalue weighted by Crippen LogP contribution is -2.36. The van der Waals surface area contributed by atoms with Crippen molar-refractivity contribution < 1.29 is 14.3 Å². The number of aromatic nitrogens is 1. The average molecular weight is 383 g/mol. The van der Waals surface area contributed by atoms with E-state index in [0.717, 1.165) is 22.6 Å². The molecule has 0 unspecified atom stereocenters. The van der Waals surface area contributed by atoms with Crippen LogP contribution >= 0.6 is 22.9 Å². The van der Waals surface area contributed by atoms with Crippen molar-refractivity contribution in [2.24, 2.45) is 0 Å². The van der Waals surface area contributed by atoms with E-state index in [9.17, 15) is 14.4 Å². The average Bonchev–Trinajstić information content (AvgIpc) is 2.92. The zero-order valence-electron chi connectivity index (χ0n) is 14.0. The van der Waals surface area contributed by atoms with Crippen LogP contribution in [0.2, 0.25) is 5.02 Å². The molecule has 134 valence electrons. The molecule has 0 aliphatic heterocycles. The van der Waals surface area contributed by atoms with Gasteiger partial charge in [-0.1, -0.05) is 35.1 Å². The van der Waals surface area contributed by atoms with Crippen LogP contribution in [-0.2, 0) is 27.4 Å². The molecule has 0 aliphatic carbocycles. The van der Waals surface area contributed by atoms with Crippen LogP contribution in [0.4, 0.5) is 0 Å². The molecule has 0 fully saturated rings. The van der Waals surface area contributed by atoms with Crippen molar-refractivity contribution >= 4 is 34.8 Å². The summed E-state index contributed by atoms with van der Waals surface area (Å²) in [6, 6.07) is 7.05. The summed E-state index contributed by atoms with van der Waals surface area (Å²) < 4.78 is 6.23. The number of ether oxygens (including phenoxy) is 1. The maximum absolute atomic E-state index is 12.6. The number of rotatable bonds is 7. The second-order valence-electron chi connectivity index (χ2n) is 5.50. The molecule has 1 aromatic carbocycles. The molecule has 2 rings (SSSR count). The first-order chi connectivity index (χ1) is 11.9. The van der Waals surface area contributed by atoms with E-state index in [4.69, 9.17) is 11.6 Å². The predicted molar refractivity (Wildman–Crippen MR) is 96.8 cm³/mol. The smallest absolute Gasteiger partial charge is 0.325 e. The highest BCUT2D eigenvalue weighted by molar-refractivity contribution is 7.07. The van der Waals surface area contributed by atoms with Gasteiger partial charge in [0.2, 0.25) is 5.91 Å². The Balaban J connectivity index is 2.07. The fourth-order valence-corrected chi connectivity index (χ4v) is 3.19. The summed E-state index contributed by atoms with van der Waals surface area (Å²) in [6.07, 6.45) is 0.127. The van der Waals surface area contributed by atoms with Crippen LogP contribution in [0, 0.1) is 6.92 Å². The van der Waals surface area contributed by atoms with Crippen molar-refractivity contribution in [3.05, 3.63) is 55.6 Å². The van der Waals surface area contributed by atoms with Gasteiger partial charge in [0.25, 0.3) is 0 Å². The number of halogens is 1. The molecule has 0 spiro atoms. The molecule has 0 atom stereocenters. The van der Waals surface area contributed by atoms with E-state index in [1.807, 2.05) is 6.92 Å². The molecule has 8 heteroatoms. The predicted octanol–water partition coefficient (Wildman–Crippen LogP) is 2.46.